The van der Waals surface area contributed by atoms with Crippen molar-refractivity contribution in [1.82, 2.24) is 4.57 Å². The highest BCUT2D eigenvalue weighted by Gasteiger charge is 2.57. The number of imide groups is 1. The molecule has 0 radical (unpaired) electrons. The SMILES string of the molecule is Cc1cccc(NC(=O)Cn2c3c(sc2=O)[C@@H](c2cccc(Cl)c2Cl)[C@@H]2C(=O)N(c4ccc(Cl)cc4)C(=O)[C@@H]2S3)c1. The first-order valence-electron chi connectivity index (χ1n) is 12.5. The predicted octanol–water partition coefficient (Wildman–Crippen LogP) is 6.61. The lowest BCUT2D eigenvalue weighted by Crippen LogP contribution is -2.33. The molecule has 0 unspecified atom stereocenters. The fourth-order valence-corrected chi connectivity index (χ4v) is 8.58. The van der Waals surface area contributed by atoms with Gasteiger partial charge >= 0.3 is 4.87 Å². The average Bonchev–Trinajstić information content (AvgIpc) is 3.37. The summed E-state index contributed by atoms with van der Waals surface area (Å²) in [5.74, 6) is -2.80. The number of rotatable bonds is 5. The van der Waals surface area contributed by atoms with Crippen LogP contribution in [0.3, 0.4) is 0 Å². The third kappa shape index (κ3) is 5.00. The van der Waals surface area contributed by atoms with Crippen molar-refractivity contribution in [2.75, 3.05) is 10.2 Å². The first-order valence-corrected chi connectivity index (χ1v) is 15.3. The van der Waals surface area contributed by atoms with Crippen LogP contribution in [0.4, 0.5) is 11.4 Å². The summed E-state index contributed by atoms with van der Waals surface area (Å²) in [7, 11) is 0. The molecule has 0 aliphatic carbocycles. The number of benzene rings is 3. The van der Waals surface area contributed by atoms with Gasteiger partial charge in [-0.15, -0.1) is 0 Å². The van der Waals surface area contributed by atoms with Crippen LogP contribution >= 0.6 is 57.9 Å². The number of nitrogens with one attached hydrogen (secondary N) is 1. The molecule has 1 N–H and O–H groups in total. The van der Waals surface area contributed by atoms with Crippen LogP contribution in [-0.4, -0.2) is 27.5 Å². The van der Waals surface area contributed by atoms with Crippen LogP contribution in [0.5, 0.6) is 0 Å². The molecule has 1 saturated heterocycles. The Kier molecular flexibility index (Phi) is 7.50. The minimum absolute atomic E-state index is 0.241. The topological polar surface area (TPSA) is 88.5 Å². The Morgan fingerprint density at radius 2 is 1.68 bits per heavy atom. The molecule has 6 rings (SSSR count). The number of carbonyl (C=O) groups excluding carboxylic acids is 3. The zero-order valence-corrected chi connectivity index (χ0v) is 25.2. The first kappa shape index (κ1) is 28.1. The summed E-state index contributed by atoms with van der Waals surface area (Å²) < 4.78 is 1.36. The summed E-state index contributed by atoms with van der Waals surface area (Å²) in [4.78, 5) is 55.5. The van der Waals surface area contributed by atoms with E-state index in [-0.39, 0.29) is 21.5 Å². The standard InChI is InChI=1S/C29H20Cl3N3O4S2/c1-14-4-2-5-16(12-14)33-20(36)13-34-28-25(41-29(34)39)21(18-6-3-7-19(31)23(18)32)22-24(40-28)27(38)35(26(22)37)17-10-8-15(30)9-11-17/h2-12,21-22,24H,13H2,1H3,(H,33,36)/t21-,22-,24+/m0/s1. The molecule has 3 atom stereocenters. The van der Waals surface area contributed by atoms with Gasteiger partial charge in [0.25, 0.3) is 0 Å². The van der Waals surface area contributed by atoms with Gasteiger partial charge in [-0.05, 0) is 60.5 Å². The van der Waals surface area contributed by atoms with Gasteiger partial charge in [0, 0.05) is 21.5 Å². The van der Waals surface area contributed by atoms with E-state index < -0.39 is 34.8 Å². The molecular weight excluding hydrogens is 625 g/mol. The molecule has 1 aromatic heterocycles. The van der Waals surface area contributed by atoms with E-state index in [9.17, 15) is 19.2 Å². The highest BCUT2D eigenvalue weighted by atomic mass is 35.5. The van der Waals surface area contributed by atoms with Crippen molar-refractivity contribution in [3.8, 4) is 0 Å². The smallest absolute Gasteiger partial charge is 0.308 e. The van der Waals surface area contributed by atoms with Gasteiger partial charge in [0.2, 0.25) is 17.7 Å². The summed E-state index contributed by atoms with van der Waals surface area (Å²) in [5, 5.41) is 3.43. The van der Waals surface area contributed by atoms with Crippen molar-refractivity contribution in [2.45, 2.75) is 29.7 Å². The highest BCUT2D eigenvalue weighted by molar-refractivity contribution is 8.00. The van der Waals surface area contributed by atoms with Crippen LogP contribution in [0.2, 0.25) is 15.1 Å². The minimum Gasteiger partial charge on any atom is -0.325 e. The zero-order chi connectivity index (χ0) is 29.0. The fourth-order valence-electron chi connectivity index (χ4n) is 5.26. The van der Waals surface area contributed by atoms with Crippen molar-refractivity contribution in [3.05, 3.63) is 107 Å². The van der Waals surface area contributed by atoms with Crippen molar-refractivity contribution in [3.63, 3.8) is 0 Å². The number of thiazole rings is 1. The largest absolute Gasteiger partial charge is 0.325 e. The number of hydrogen-bond acceptors (Lipinski definition) is 6. The van der Waals surface area contributed by atoms with Gasteiger partial charge in [-0.1, -0.05) is 82.2 Å². The molecule has 4 aromatic rings. The Hall–Kier alpha value is -3.08. The lowest BCUT2D eigenvalue weighted by Gasteiger charge is -2.31. The maximum absolute atomic E-state index is 14.0. The number of nitrogens with zero attached hydrogens (tertiary/aromatic N) is 2. The first-order chi connectivity index (χ1) is 19.6. The second-order valence-electron chi connectivity index (χ2n) is 9.71. The lowest BCUT2D eigenvalue weighted by molar-refractivity contribution is -0.122. The Labute approximate surface area is 258 Å². The van der Waals surface area contributed by atoms with E-state index in [1.807, 2.05) is 25.1 Å². The number of carbonyl (C=O) groups is 3. The van der Waals surface area contributed by atoms with E-state index in [1.165, 1.54) is 4.57 Å². The molecule has 3 amide bonds. The van der Waals surface area contributed by atoms with Crippen LogP contribution < -0.4 is 15.1 Å². The van der Waals surface area contributed by atoms with Gasteiger partial charge in [-0.25, -0.2) is 4.90 Å². The second kappa shape index (κ2) is 11.0. The number of aryl methyl sites for hydroxylation is 1. The monoisotopic (exact) mass is 643 g/mol. The molecule has 1 fully saturated rings. The molecule has 208 valence electrons. The quantitative estimate of drug-likeness (QED) is 0.247. The van der Waals surface area contributed by atoms with Crippen molar-refractivity contribution < 1.29 is 14.4 Å². The maximum Gasteiger partial charge on any atom is 0.308 e. The average molecular weight is 645 g/mol. The Morgan fingerprint density at radius 1 is 0.951 bits per heavy atom. The van der Waals surface area contributed by atoms with Gasteiger partial charge in [0.1, 0.15) is 11.8 Å². The van der Waals surface area contributed by atoms with E-state index in [0.29, 0.717) is 31.9 Å². The molecule has 0 spiro atoms. The molecule has 41 heavy (non-hydrogen) atoms. The van der Waals surface area contributed by atoms with E-state index in [0.717, 1.165) is 33.6 Å². The van der Waals surface area contributed by atoms with E-state index >= 15 is 0 Å². The highest BCUT2D eigenvalue weighted by Crippen LogP contribution is 2.55. The molecule has 2 aliphatic rings. The molecule has 0 saturated carbocycles. The number of hydrogen-bond donors (Lipinski definition) is 1. The van der Waals surface area contributed by atoms with E-state index in [1.54, 1.807) is 48.5 Å². The number of halogens is 3. The number of aromatic nitrogens is 1. The molecule has 2 aliphatic heterocycles. The number of amides is 3. The molecular formula is C29H20Cl3N3O4S2. The Bertz CT molecular complexity index is 1790. The molecule has 3 heterocycles. The molecule has 12 heteroatoms. The minimum atomic E-state index is -0.856. The zero-order valence-electron chi connectivity index (χ0n) is 21.3. The number of fused-ring (bicyclic) bond motifs is 2. The molecule has 0 bridgehead atoms. The number of anilines is 2. The lowest BCUT2D eigenvalue weighted by atomic mass is 9.83. The van der Waals surface area contributed by atoms with E-state index in [2.05, 4.69) is 5.32 Å². The Morgan fingerprint density at radius 3 is 2.41 bits per heavy atom. The third-order valence-corrected chi connectivity index (χ3v) is 10.7. The van der Waals surface area contributed by atoms with Gasteiger partial charge < -0.3 is 5.32 Å². The van der Waals surface area contributed by atoms with Gasteiger partial charge in [0.05, 0.1) is 26.7 Å². The molecule has 7 nitrogen and oxygen atoms in total. The third-order valence-electron chi connectivity index (χ3n) is 7.05. The van der Waals surface area contributed by atoms with Gasteiger partial charge in [-0.3, -0.25) is 23.7 Å². The van der Waals surface area contributed by atoms with Gasteiger partial charge in [-0.2, -0.15) is 0 Å². The number of thioether (sulfide) groups is 1. The van der Waals surface area contributed by atoms with Crippen molar-refractivity contribution in [2.24, 2.45) is 5.92 Å². The molecule has 3 aromatic carbocycles. The van der Waals surface area contributed by atoms with Crippen LogP contribution in [0, 0.1) is 12.8 Å². The van der Waals surface area contributed by atoms with Crippen LogP contribution in [0.25, 0.3) is 0 Å². The fraction of sp³-hybridized carbons (Fsp3) is 0.172. The summed E-state index contributed by atoms with van der Waals surface area (Å²) in [6.07, 6.45) is 0. The summed E-state index contributed by atoms with van der Waals surface area (Å²) in [5.41, 5.74) is 2.52. The van der Waals surface area contributed by atoms with Crippen molar-refractivity contribution in [1.29, 1.82) is 0 Å². The van der Waals surface area contributed by atoms with Crippen LogP contribution in [-0.2, 0) is 20.9 Å². The van der Waals surface area contributed by atoms with Crippen LogP contribution in [0.15, 0.2) is 76.6 Å². The normalized spacial score (nSPS) is 19.7. The summed E-state index contributed by atoms with van der Waals surface area (Å²) >= 11 is 21.1. The maximum atomic E-state index is 14.0. The second-order valence-corrected chi connectivity index (χ2v) is 13.1. The summed E-state index contributed by atoms with van der Waals surface area (Å²) in [6.45, 7) is 1.65. The Balaban J connectivity index is 1.44. The summed E-state index contributed by atoms with van der Waals surface area (Å²) in [6, 6.07) is 18.9. The predicted molar refractivity (Wildman–Crippen MR) is 164 cm³/mol. The van der Waals surface area contributed by atoms with Gasteiger partial charge in [0.15, 0.2) is 0 Å². The van der Waals surface area contributed by atoms with Crippen LogP contribution in [0.1, 0.15) is 21.9 Å². The van der Waals surface area contributed by atoms with Crippen molar-refractivity contribution >= 4 is 87.0 Å². The van der Waals surface area contributed by atoms with E-state index in [4.69, 9.17) is 34.8 Å².